The van der Waals surface area contributed by atoms with Gasteiger partial charge in [-0.05, 0) is 43.2 Å². The standard InChI is InChI=1S/C20H24N4O2/c25-20(23-9-3-4-10-23)17-11-15-5-1-2-6-16(15)12-24(17)13-18-21-19(22-26-18)14-7-8-14/h1-2,5-6,14,17H,3-4,7-13H2/t17-/m0/s1. The topological polar surface area (TPSA) is 62.5 Å². The zero-order chi connectivity index (χ0) is 17.5. The molecule has 136 valence electrons. The van der Waals surface area contributed by atoms with Crippen molar-refractivity contribution in [3.05, 3.63) is 47.1 Å². The van der Waals surface area contributed by atoms with Gasteiger partial charge in [-0.25, -0.2) is 0 Å². The molecule has 5 rings (SSSR count). The predicted molar refractivity (Wildman–Crippen MR) is 95.3 cm³/mol. The van der Waals surface area contributed by atoms with Gasteiger partial charge in [0, 0.05) is 25.6 Å². The zero-order valence-corrected chi connectivity index (χ0v) is 14.9. The number of amides is 1. The van der Waals surface area contributed by atoms with Crippen molar-refractivity contribution in [2.24, 2.45) is 0 Å². The molecule has 1 aromatic heterocycles. The van der Waals surface area contributed by atoms with Crippen LogP contribution in [0.2, 0.25) is 0 Å². The summed E-state index contributed by atoms with van der Waals surface area (Å²) in [5, 5.41) is 4.13. The van der Waals surface area contributed by atoms with E-state index in [0.717, 1.165) is 57.6 Å². The van der Waals surface area contributed by atoms with Crippen LogP contribution in [0.5, 0.6) is 0 Å². The fourth-order valence-corrected chi connectivity index (χ4v) is 4.15. The molecule has 1 saturated heterocycles. The van der Waals surface area contributed by atoms with Crippen molar-refractivity contribution in [3.63, 3.8) is 0 Å². The molecule has 2 aliphatic heterocycles. The summed E-state index contributed by atoms with van der Waals surface area (Å²) in [6.07, 6.45) is 5.31. The lowest BCUT2D eigenvalue weighted by Crippen LogP contribution is -2.50. The number of carbonyl (C=O) groups is 1. The minimum absolute atomic E-state index is 0.140. The SMILES string of the molecule is O=C([C@@H]1Cc2ccccc2CN1Cc1nc(C2CC2)no1)N1CCCC1. The summed E-state index contributed by atoms with van der Waals surface area (Å²) in [5.41, 5.74) is 2.57. The third-order valence-electron chi connectivity index (χ3n) is 5.81. The molecule has 26 heavy (non-hydrogen) atoms. The number of carbonyl (C=O) groups excluding carboxylic acids is 1. The molecular formula is C20H24N4O2. The Hall–Kier alpha value is -2.21. The van der Waals surface area contributed by atoms with Crippen LogP contribution in [-0.2, 0) is 24.3 Å². The van der Waals surface area contributed by atoms with E-state index in [9.17, 15) is 4.79 Å². The van der Waals surface area contributed by atoms with Crippen molar-refractivity contribution in [2.45, 2.75) is 57.2 Å². The number of likely N-dealkylation sites (tertiary alicyclic amines) is 1. The molecule has 0 spiro atoms. The minimum atomic E-state index is -0.140. The van der Waals surface area contributed by atoms with Gasteiger partial charge in [-0.2, -0.15) is 4.98 Å². The second-order valence-electron chi connectivity index (χ2n) is 7.75. The summed E-state index contributed by atoms with van der Waals surface area (Å²) < 4.78 is 5.48. The molecule has 6 nitrogen and oxygen atoms in total. The summed E-state index contributed by atoms with van der Waals surface area (Å²) in [6.45, 7) is 3.06. The smallest absolute Gasteiger partial charge is 0.240 e. The number of aromatic nitrogens is 2. The molecule has 1 atom stereocenters. The lowest BCUT2D eigenvalue weighted by Gasteiger charge is -2.37. The summed E-state index contributed by atoms with van der Waals surface area (Å²) in [5.74, 6) is 2.20. The first-order valence-corrected chi connectivity index (χ1v) is 9.70. The highest BCUT2D eigenvalue weighted by Gasteiger charge is 2.36. The summed E-state index contributed by atoms with van der Waals surface area (Å²) in [6, 6.07) is 8.29. The lowest BCUT2D eigenvalue weighted by molar-refractivity contribution is -0.137. The maximum atomic E-state index is 13.2. The van der Waals surface area contributed by atoms with Crippen molar-refractivity contribution in [1.29, 1.82) is 0 Å². The van der Waals surface area contributed by atoms with Crippen LogP contribution in [-0.4, -0.2) is 45.0 Å². The maximum Gasteiger partial charge on any atom is 0.240 e. The van der Waals surface area contributed by atoms with Gasteiger partial charge in [-0.15, -0.1) is 0 Å². The highest BCUT2D eigenvalue weighted by Crippen LogP contribution is 2.38. The third kappa shape index (κ3) is 3.03. The highest BCUT2D eigenvalue weighted by molar-refractivity contribution is 5.82. The van der Waals surface area contributed by atoms with Gasteiger partial charge in [0.1, 0.15) is 0 Å². The number of fused-ring (bicyclic) bond motifs is 1. The molecular weight excluding hydrogens is 328 g/mol. The van der Waals surface area contributed by atoms with Crippen molar-refractivity contribution >= 4 is 5.91 Å². The van der Waals surface area contributed by atoms with Gasteiger partial charge < -0.3 is 9.42 Å². The maximum absolute atomic E-state index is 13.2. The van der Waals surface area contributed by atoms with Crippen molar-refractivity contribution < 1.29 is 9.32 Å². The Morgan fingerprint density at radius 2 is 1.92 bits per heavy atom. The van der Waals surface area contributed by atoms with Gasteiger partial charge in [-0.1, -0.05) is 29.4 Å². The quantitative estimate of drug-likeness (QED) is 0.846. The molecule has 0 unspecified atom stereocenters. The van der Waals surface area contributed by atoms with Crippen molar-refractivity contribution in [3.8, 4) is 0 Å². The molecule has 2 aromatic rings. The fourth-order valence-electron chi connectivity index (χ4n) is 4.15. The molecule has 1 aromatic carbocycles. The van der Waals surface area contributed by atoms with Crippen molar-refractivity contribution in [1.82, 2.24) is 19.9 Å². The molecule has 1 saturated carbocycles. The van der Waals surface area contributed by atoms with Gasteiger partial charge >= 0.3 is 0 Å². The van der Waals surface area contributed by atoms with Crippen LogP contribution in [0.15, 0.2) is 28.8 Å². The predicted octanol–water partition coefficient (Wildman–Crippen LogP) is 2.50. The van der Waals surface area contributed by atoms with E-state index in [-0.39, 0.29) is 11.9 Å². The molecule has 3 heterocycles. The second-order valence-corrected chi connectivity index (χ2v) is 7.75. The highest BCUT2D eigenvalue weighted by atomic mass is 16.5. The molecule has 0 bridgehead atoms. The Balaban J connectivity index is 1.40. The lowest BCUT2D eigenvalue weighted by atomic mass is 9.93. The number of hydrogen-bond acceptors (Lipinski definition) is 5. The number of hydrogen-bond donors (Lipinski definition) is 0. The van der Waals surface area contributed by atoms with Gasteiger partial charge in [0.15, 0.2) is 5.82 Å². The van der Waals surface area contributed by atoms with Crippen LogP contribution in [0.4, 0.5) is 0 Å². The van der Waals surface area contributed by atoms with Gasteiger partial charge in [0.05, 0.1) is 12.6 Å². The van der Waals surface area contributed by atoms with E-state index in [2.05, 4.69) is 39.3 Å². The Morgan fingerprint density at radius 1 is 1.15 bits per heavy atom. The summed E-state index contributed by atoms with van der Waals surface area (Å²) >= 11 is 0. The van der Waals surface area contributed by atoms with Gasteiger partial charge in [0.25, 0.3) is 0 Å². The number of benzene rings is 1. The summed E-state index contributed by atoms with van der Waals surface area (Å²) in [7, 11) is 0. The van der Waals surface area contributed by atoms with Crippen LogP contribution in [0.1, 0.15) is 54.4 Å². The van der Waals surface area contributed by atoms with Crippen LogP contribution < -0.4 is 0 Å². The van der Waals surface area contributed by atoms with E-state index in [1.165, 1.54) is 11.1 Å². The van der Waals surface area contributed by atoms with Crippen LogP contribution in [0, 0.1) is 0 Å². The molecule has 1 amide bonds. The Morgan fingerprint density at radius 3 is 2.69 bits per heavy atom. The first-order chi connectivity index (χ1) is 12.8. The average molecular weight is 352 g/mol. The van der Waals surface area contributed by atoms with Gasteiger partial charge in [0.2, 0.25) is 11.8 Å². The van der Waals surface area contributed by atoms with E-state index < -0.39 is 0 Å². The average Bonchev–Trinajstić information content (AvgIpc) is 3.17. The van der Waals surface area contributed by atoms with E-state index in [1.54, 1.807) is 0 Å². The minimum Gasteiger partial charge on any atom is -0.341 e. The molecule has 0 N–H and O–H groups in total. The largest absolute Gasteiger partial charge is 0.341 e. The normalized spacial score (nSPS) is 23.2. The molecule has 1 aliphatic carbocycles. The molecule has 0 radical (unpaired) electrons. The van der Waals surface area contributed by atoms with E-state index >= 15 is 0 Å². The third-order valence-corrected chi connectivity index (χ3v) is 5.81. The van der Waals surface area contributed by atoms with E-state index in [0.29, 0.717) is 18.4 Å². The van der Waals surface area contributed by atoms with Crippen LogP contribution >= 0.6 is 0 Å². The molecule has 3 aliphatic rings. The first-order valence-electron chi connectivity index (χ1n) is 9.70. The second kappa shape index (κ2) is 6.50. The van der Waals surface area contributed by atoms with Crippen LogP contribution in [0.25, 0.3) is 0 Å². The zero-order valence-electron chi connectivity index (χ0n) is 14.9. The van der Waals surface area contributed by atoms with E-state index in [1.807, 2.05) is 4.90 Å². The Labute approximate surface area is 153 Å². The Bertz CT molecular complexity index is 808. The molecule has 6 heteroatoms. The van der Waals surface area contributed by atoms with Gasteiger partial charge in [-0.3, -0.25) is 9.69 Å². The number of rotatable bonds is 4. The monoisotopic (exact) mass is 352 g/mol. The Kier molecular flexibility index (Phi) is 4.00. The van der Waals surface area contributed by atoms with E-state index in [4.69, 9.17) is 4.52 Å². The van der Waals surface area contributed by atoms with Crippen molar-refractivity contribution in [2.75, 3.05) is 13.1 Å². The molecule has 2 fully saturated rings. The number of nitrogens with zero attached hydrogens (tertiary/aromatic N) is 4. The first kappa shape index (κ1) is 16.0. The van der Waals surface area contributed by atoms with Crippen LogP contribution in [0.3, 0.4) is 0 Å². The fraction of sp³-hybridized carbons (Fsp3) is 0.550. The summed E-state index contributed by atoms with van der Waals surface area (Å²) in [4.78, 5) is 22.0.